The summed E-state index contributed by atoms with van der Waals surface area (Å²) < 4.78 is 34.3. The summed E-state index contributed by atoms with van der Waals surface area (Å²) in [6.45, 7) is 2.46. The fourth-order valence-electron chi connectivity index (χ4n) is 3.56. The van der Waals surface area contributed by atoms with Crippen LogP contribution < -0.4 is 14.9 Å². The van der Waals surface area contributed by atoms with Crippen molar-refractivity contribution in [3.63, 3.8) is 0 Å². The summed E-state index contributed by atoms with van der Waals surface area (Å²) >= 11 is 0. The molecule has 3 rings (SSSR count). The molecule has 2 saturated heterocycles. The van der Waals surface area contributed by atoms with Crippen molar-refractivity contribution in [3.8, 4) is 0 Å². The molecule has 1 aromatic rings. The Morgan fingerprint density at radius 3 is 2.83 bits per heavy atom. The monoisotopic (exact) mass is 441 g/mol. The number of hydrogen-bond acceptors (Lipinski definition) is 6. The van der Waals surface area contributed by atoms with Crippen LogP contribution in [0.1, 0.15) is 19.3 Å². The number of piperazine rings is 1. The Morgan fingerprint density at radius 1 is 1.37 bits per heavy atom. The molecule has 0 bridgehead atoms. The van der Waals surface area contributed by atoms with E-state index in [1.165, 1.54) is 0 Å². The highest BCUT2D eigenvalue weighted by molar-refractivity contribution is 7.89. The number of nitrogens with one attached hydrogen (secondary N) is 2. The molecule has 12 heteroatoms. The summed E-state index contributed by atoms with van der Waals surface area (Å²) in [5.41, 5.74) is 0.768. The van der Waals surface area contributed by atoms with E-state index in [4.69, 9.17) is 4.74 Å². The lowest BCUT2D eigenvalue weighted by Crippen LogP contribution is -2.55. The number of rotatable bonds is 7. The Hall–Kier alpha value is -2.18. The first-order valence-corrected chi connectivity index (χ1v) is 11.9. The van der Waals surface area contributed by atoms with Gasteiger partial charge in [0.1, 0.15) is 6.54 Å². The highest BCUT2D eigenvalue weighted by Gasteiger charge is 2.27. The topological polar surface area (TPSA) is 121 Å². The molecule has 2 fully saturated rings. The molecule has 1 unspecified atom stereocenters. The normalized spacial score (nSPS) is 21.2. The lowest BCUT2D eigenvalue weighted by molar-refractivity contribution is -0.120. The largest absolute Gasteiger partial charge is 0.377 e. The number of aliphatic imine (C=N–C) groups is 1. The number of amides is 1. The van der Waals surface area contributed by atoms with E-state index >= 15 is 0 Å². The van der Waals surface area contributed by atoms with Crippen LogP contribution in [0.2, 0.25) is 0 Å². The summed E-state index contributed by atoms with van der Waals surface area (Å²) in [5, 5.41) is 7.16. The molecule has 2 N–H and O–H groups in total. The van der Waals surface area contributed by atoms with Crippen LogP contribution in [0.3, 0.4) is 0 Å². The molecule has 0 aliphatic carbocycles. The Labute approximate surface area is 177 Å². The summed E-state index contributed by atoms with van der Waals surface area (Å²) in [5.74, 6) is 0.376. The third-order valence-corrected chi connectivity index (χ3v) is 6.54. The van der Waals surface area contributed by atoms with Crippen LogP contribution in [0.15, 0.2) is 17.4 Å². The summed E-state index contributed by atoms with van der Waals surface area (Å²) in [6, 6.07) is 0. The number of hydrogen-bond donors (Lipinski definition) is 2. The second-order valence-corrected chi connectivity index (χ2v) is 9.40. The molecule has 0 spiro atoms. The minimum absolute atomic E-state index is 0.0450. The van der Waals surface area contributed by atoms with Crippen molar-refractivity contribution in [2.24, 2.45) is 12.0 Å². The van der Waals surface area contributed by atoms with E-state index in [-0.39, 0.29) is 30.9 Å². The number of anilines is 1. The Morgan fingerprint density at radius 2 is 2.20 bits per heavy atom. The van der Waals surface area contributed by atoms with Gasteiger partial charge in [-0.05, 0) is 19.3 Å². The molecule has 0 aromatic carbocycles. The molecule has 2 aliphatic heterocycles. The number of sulfonamides is 1. The minimum atomic E-state index is -3.42. The van der Waals surface area contributed by atoms with Crippen molar-refractivity contribution >= 4 is 27.6 Å². The number of carbonyl (C=O) groups excluding carboxylic acids is 1. The third-order valence-electron chi connectivity index (χ3n) is 5.19. The molecule has 11 nitrogen and oxygen atoms in total. The standard InChI is InChI=1S/C18H31N7O4S/c1-19-18(20-6-10-30(27,28)22-12-16-5-3-4-9-29-16)24-7-8-25(17(26)14-24)15-11-21-23(2)13-15/h11,13,16,22H,3-10,12,14H2,1-2H3,(H,19,20). The van der Waals surface area contributed by atoms with Crippen molar-refractivity contribution in [1.29, 1.82) is 0 Å². The van der Waals surface area contributed by atoms with Crippen molar-refractivity contribution < 1.29 is 17.9 Å². The average molecular weight is 442 g/mol. The van der Waals surface area contributed by atoms with Gasteiger partial charge in [0.25, 0.3) is 0 Å². The molecule has 168 valence electrons. The maximum Gasteiger partial charge on any atom is 0.246 e. The van der Waals surface area contributed by atoms with Gasteiger partial charge >= 0.3 is 0 Å². The van der Waals surface area contributed by atoms with Crippen LogP contribution in [-0.2, 0) is 26.6 Å². The number of aromatic nitrogens is 2. The van der Waals surface area contributed by atoms with Crippen LogP contribution in [0.25, 0.3) is 0 Å². The average Bonchev–Trinajstić information content (AvgIpc) is 3.16. The predicted molar refractivity (Wildman–Crippen MR) is 114 cm³/mol. The van der Waals surface area contributed by atoms with Crippen molar-refractivity contribution in [2.75, 3.05) is 57.0 Å². The van der Waals surface area contributed by atoms with Crippen LogP contribution in [0.4, 0.5) is 5.69 Å². The first kappa shape index (κ1) is 22.5. The summed E-state index contributed by atoms with van der Waals surface area (Å²) in [6.07, 6.45) is 6.40. The zero-order valence-corrected chi connectivity index (χ0v) is 18.4. The second kappa shape index (κ2) is 10.2. The molecular weight excluding hydrogens is 410 g/mol. The van der Waals surface area contributed by atoms with Gasteiger partial charge in [-0.25, -0.2) is 13.1 Å². The fraction of sp³-hybridized carbons (Fsp3) is 0.722. The van der Waals surface area contributed by atoms with Gasteiger partial charge in [0, 0.05) is 53.1 Å². The second-order valence-electron chi connectivity index (χ2n) is 7.47. The van der Waals surface area contributed by atoms with E-state index in [1.54, 1.807) is 36.1 Å². The molecule has 0 saturated carbocycles. The molecule has 30 heavy (non-hydrogen) atoms. The molecule has 2 aliphatic rings. The van der Waals surface area contributed by atoms with Gasteiger partial charge in [-0.2, -0.15) is 5.10 Å². The molecule has 1 atom stereocenters. The highest BCUT2D eigenvalue weighted by Crippen LogP contribution is 2.16. The maximum atomic E-state index is 12.6. The van der Waals surface area contributed by atoms with Gasteiger partial charge in [0.15, 0.2) is 5.96 Å². The van der Waals surface area contributed by atoms with E-state index in [0.29, 0.717) is 32.2 Å². The number of nitrogens with zero attached hydrogens (tertiary/aromatic N) is 5. The van der Waals surface area contributed by atoms with Crippen LogP contribution in [0, 0.1) is 0 Å². The van der Waals surface area contributed by atoms with Gasteiger partial charge in [0.2, 0.25) is 15.9 Å². The Bertz CT molecular complexity index is 848. The first-order valence-electron chi connectivity index (χ1n) is 10.2. The zero-order chi connectivity index (χ0) is 21.6. The van der Waals surface area contributed by atoms with Crippen molar-refractivity contribution in [2.45, 2.75) is 25.4 Å². The summed E-state index contributed by atoms with van der Waals surface area (Å²) in [7, 11) is 0.00588. The first-order chi connectivity index (χ1) is 14.4. The van der Waals surface area contributed by atoms with E-state index in [0.717, 1.165) is 24.9 Å². The molecule has 1 aromatic heterocycles. The van der Waals surface area contributed by atoms with Gasteiger partial charge in [-0.15, -0.1) is 0 Å². The van der Waals surface area contributed by atoms with Gasteiger partial charge in [-0.1, -0.05) is 0 Å². The molecule has 1 amide bonds. The summed E-state index contributed by atoms with van der Waals surface area (Å²) in [4.78, 5) is 20.3. The lowest BCUT2D eigenvalue weighted by Gasteiger charge is -2.35. The zero-order valence-electron chi connectivity index (χ0n) is 17.6. The lowest BCUT2D eigenvalue weighted by atomic mass is 10.1. The number of aryl methyl sites for hydroxylation is 1. The van der Waals surface area contributed by atoms with Gasteiger partial charge < -0.3 is 19.9 Å². The van der Waals surface area contributed by atoms with Gasteiger partial charge in [0.05, 0.1) is 23.7 Å². The SMILES string of the molecule is CN=C(NCCS(=O)(=O)NCC1CCCCO1)N1CCN(c2cnn(C)c2)C(=O)C1. The molecular formula is C18H31N7O4S. The van der Waals surface area contributed by atoms with E-state index in [9.17, 15) is 13.2 Å². The fourth-order valence-corrected chi connectivity index (χ4v) is 4.52. The third kappa shape index (κ3) is 6.16. The number of guanidine groups is 1. The van der Waals surface area contributed by atoms with E-state index < -0.39 is 10.0 Å². The smallest absolute Gasteiger partial charge is 0.246 e. The number of carbonyl (C=O) groups is 1. The van der Waals surface area contributed by atoms with Crippen molar-refractivity contribution in [1.82, 2.24) is 24.7 Å². The van der Waals surface area contributed by atoms with E-state index in [1.807, 2.05) is 4.90 Å². The van der Waals surface area contributed by atoms with Crippen LogP contribution >= 0.6 is 0 Å². The predicted octanol–water partition coefficient (Wildman–Crippen LogP) is -0.867. The Balaban J connectivity index is 1.43. The quantitative estimate of drug-likeness (QED) is 0.417. The van der Waals surface area contributed by atoms with E-state index in [2.05, 4.69) is 20.1 Å². The minimum Gasteiger partial charge on any atom is -0.377 e. The van der Waals surface area contributed by atoms with Gasteiger partial charge in [-0.3, -0.25) is 14.5 Å². The van der Waals surface area contributed by atoms with Crippen LogP contribution in [-0.4, -0.2) is 93.2 Å². The van der Waals surface area contributed by atoms with Crippen LogP contribution in [0.5, 0.6) is 0 Å². The molecule has 0 radical (unpaired) electrons. The Kier molecular flexibility index (Phi) is 7.67. The number of ether oxygens (including phenoxy) is 1. The maximum absolute atomic E-state index is 12.6. The highest BCUT2D eigenvalue weighted by atomic mass is 32.2. The molecule has 3 heterocycles. The van der Waals surface area contributed by atoms with Crippen molar-refractivity contribution in [3.05, 3.63) is 12.4 Å².